The van der Waals surface area contributed by atoms with E-state index in [2.05, 4.69) is 63.8 Å². The molecule has 166 valence electrons. The quantitative estimate of drug-likeness (QED) is 0.579. The number of anilines is 1. The third-order valence-electron chi connectivity index (χ3n) is 6.49. The van der Waals surface area contributed by atoms with Gasteiger partial charge in [-0.15, -0.1) is 0 Å². The number of carbonyl (C=O) groups is 1. The van der Waals surface area contributed by atoms with Crippen molar-refractivity contribution in [3.05, 3.63) is 77.6 Å². The molecule has 2 fully saturated rings. The van der Waals surface area contributed by atoms with E-state index in [9.17, 15) is 4.79 Å². The second-order valence-electron chi connectivity index (χ2n) is 9.11. The molecular weight excluding hydrogens is 400 g/mol. The molecule has 1 aliphatic heterocycles. The number of benzene rings is 2. The molecule has 2 aliphatic rings. The van der Waals surface area contributed by atoms with Gasteiger partial charge in [-0.1, -0.05) is 24.3 Å². The zero-order valence-corrected chi connectivity index (χ0v) is 18.7. The third kappa shape index (κ3) is 4.64. The molecule has 3 aromatic rings. The topological polar surface area (TPSA) is 59.4 Å². The van der Waals surface area contributed by atoms with Crippen LogP contribution >= 0.6 is 0 Å². The van der Waals surface area contributed by atoms with E-state index >= 15 is 0 Å². The van der Waals surface area contributed by atoms with Crippen LogP contribution in [-0.4, -0.2) is 35.4 Å². The fraction of sp³-hybridized carbons (Fsp3) is 0.385. The maximum Gasteiger partial charge on any atom is 0.254 e. The summed E-state index contributed by atoms with van der Waals surface area (Å²) in [6, 6.07) is 17.1. The lowest BCUT2D eigenvalue weighted by Gasteiger charge is -2.41. The highest BCUT2D eigenvalue weighted by Gasteiger charge is 2.28. The highest BCUT2D eigenvalue weighted by Crippen LogP contribution is 2.34. The van der Waals surface area contributed by atoms with Crippen molar-refractivity contribution in [3.8, 4) is 5.75 Å². The van der Waals surface area contributed by atoms with Crippen molar-refractivity contribution in [3.63, 3.8) is 0 Å². The Morgan fingerprint density at radius 1 is 1.12 bits per heavy atom. The van der Waals surface area contributed by atoms with Crippen molar-refractivity contribution < 1.29 is 9.53 Å². The summed E-state index contributed by atoms with van der Waals surface area (Å²) in [5, 5.41) is 7.10. The first kappa shape index (κ1) is 20.6. The van der Waals surface area contributed by atoms with Gasteiger partial charge in [-0.2, -0.15) is 5.10 Å². The molecule has 6 heteroatoms. The highest BCUT2D eigenvalue weighted by molar-refractivity contribution is 5.93. The molecule has 0 radical (unpaired) electrons. The fourth-order valence-corrected chi connectivity index (χ4v) is 4.11. The Hall–Kier alpha value is -3.28. The van der Waals surface area contributed by atoms with Crippen molar-refractivity contribution in [2.75, 3.05) is 24.6 Å². The van der Waals surface area contributed by atoms with E-state index in [4.69, 9.17) is 4.74 Å². The van der Waals surface area contributed by atoms with Crippen LogP contribution in [0.3, 0.4) is 0 Å². The summed E-state index contributed by atoms with van der Waals surface area (Å²) in [6.07, 6.45) is 5.94. The van der Waals surface area contributed by atoms with E-state index in [1.807, 2.05) is 6.92 Å². The number of aryl methyl sites for hydroxylation is 1. The number of aromatic nitrogens is 2. The lowest BCUT2D eigenvalue weighted by atomic mass is 9.90. The molecule has 6 nitrogen and oxygen atoms in total. The van der Waals surface area contributed by atoms with Gasteiger partial charge in [-0.3, -0.25) is 9.48 Å². The summed E-state index contributed by atoms with van der Waals surface area (Å²) in [5.41, 5.74) is 4.28. The second-order valence-corrected chi connectivity index (χ2v) is 9.11. The largest absolute Gasteiger partial charge is 0.493 e. The normalized spacial score (nSPS) is 17.0. The summed E-state index contributed by atoms with van der Waals surface area (Å²) in [4.78, 5) is 14.8. The molecule has 32 heavy (non-hydrogen) atoms. The Bertz CT molecular complexity index is 1060. The minimum Gasteiger partial charge on any atom is -0.493 e. The first-order valence-electron chi connectivity index (χ1n) is 11.4. The summed E-state index contributed by atoms with van der Waals surface area (Å²) in [6.45, 7) is 4.91. The molecule has 5 rings (SSSR count). The predicted molar refractivity (Wildman–Crippen MR) is 125 cm³/mol. The maximum atomic E-state index is 12.4. The van der Waals surface area contributed by atoms with Gasteiger partial charge in [0.05, 0.1) is 24.4 Å². The van der Waals surface area contributed by atoms with Gasteiger partial charge >= 0.3 is 0 Å². The van der Waals surface area contributed by atoms with Gasteiger partial charge < -0.3 is 15.0 Å². The molecule has 1 aliphatic carbocycles. The van der Waals surface area contributed by atoms with Crippen LogP contribution in [0.15, 0.2) is 60.9 Å². The van der Waals surface area contributed by atoms with Crippen LogP contribution in [0.25, 0.3) is 0 Å². The van der Waals surface area contributed by atoms with Gasteiger partial charge in [0.2, 0.25) is 0 Å². The summed E-state index contributed by atoms with van der Waals surface area (Å²) < 4.78 is 7.47. The number of hydrogen-bond donors (Lipinski definition) is 1. The van der Waals surface area contributed by atoms with Crippen LogP contribution in [0.4, 0.5) is 5.69 Å². The number of nitrogens with one attached hydrogen (secondary N) is 1. The van der Waals surface area contributed by atoms with Crippen molar-refractivity contribution >= 4 is 11.6 Å². The van der Waals surface area contributed by atoms with Gasteiger partial charge in [0, 0.05) is 37.9 Å². The van der Waals surface area contributed by atoms with Crippen molar-refractivity contribution in [2.45, 2.75) is 31.7 Å². The Kier molecular flexibility index (Phi) is 5.60. The second kappa shape index (κ2) is 8.69. The zero-order chi connectivity index (χ0) is 22.1. The molecule has 1 atom stereocenters. The molecule has 2 aromatic carbocycles. The Balaban J connectivity index is 1.12. The van der Waals surface area contributed by atoms with Crippen LogP contribution in [0.2, 0.25) is 0 Å². The predicted octanol–water partition coefficient (Wildman–Crippen LogP) is 4.30. The fourth-order valence-electron chi connectivity index (χ4n) is 4.11. The maximum absolute atomic E-state index is 12.4. The van der Waals surface area contributed by atoms with Gasteiger partial charge in [-0.25, -0.2) is 0 Å². The van der Waals surface area contributed by atoms with E-state index in [1.165, 1.54) is 24.1 Å². The molecule has 1 saturated heterocycles. The molecule has 2 heterocycles. The highest BCUT2D eigenvalue weighted by atomic mass is 16.5. The lowest BCUT2D eigenvalue weighted by Crippen LogP contribution is -2.45. The van der Waals surface area contributed by atoms with E-state index in [0.29, 0.717) is 11.5 Å². The molecule has 1 aromatic heterocycles. The van der Waals surface area contributed by atoms with Crippen LogP contribution in [0.5, 0.6) is 5.75 Å². The van der Waals surface area contributed by atoms with Crippen LogP contribution < -0.4 is 15.0 Å². The minimum absolute atomic E-state index is 0.0599. The first-order valence-corrected chi connectivity index (χ1v) is 11.4. The molecular formula is C26H30N4O2. The van der Waals surface area contributed by atoms with Gasteiger partial charge in [0.25, 0.3) is 5.91 Å². The van der Waals surface area contributed by atoms with Crippen LogP contribution in [0.1, 0.15) is 53.2 Å². The standard InChI is InChI=1S/C26H30N4O2/c1-18(28-26(31)22-13-27-29(2)14-22)20-5-7-21(8-6-20)23-15-30(16-23)24-9-11-25(12-10-24)32-17-19-3-4-19/h5-14,18-19,23H,3-4,15-17H2,1-2H3,(H,28,31)/t18-/m0/s1. The molecule has 0 spiro atoms. The minimum atomic E-state index is -0.103. The lowest BCUT2D eigenvalue weighted by molar-refractivity contribution is 0.0940. The van der Waals surface area contributed by atoms with Crippen molar-refractivity contribution in [1.82, 2.24) is 15.1 Å². The number of rotatable bonds is 8. The van der Waals surface area contributed by atoms with Crippen LogP contribution in [0, 0.1) is 5.92 Å². The number of carbonyl (C=O) groups excluding carboxylic acids is 1. The van der Waals surface area contributed by atoms with E-state index < -0.39 is 0 Å². The van der Waals surface area contributed by atoms with E-state index in [0.717, 1.165) is 36.9 Å². The summed E-state index contributed by atoms with van der Waals surface area (Å²) in [7, 11) is 1.81. The zero-order valence-electron chi connectivity index (χ0n) is 18.7. The molecule has 0 bridgehead atoms. The number of amides is 1. The van der Waals surface area contributed by atoms with Crippen molar-refractivity contribution in [1.29, 1.82) is 0 Å². The van der Waals surface area contributed by atoms with E-state index in [1.54, 1.807) is 24.1 Å². The average Bonchev–Trinajstić information content (AvgIpc) is 3.50. The molecule has 1 saturated carbocycles. The molecule has 1 N–H and O–H groups in total. The average molecular weight is 431 g/mol. The molecule has 1 amide bonds. The third-order valence-corrected chi connectivity index (χ3v) is 6.49. The van der Waals surface area contributed by atoms with E-state index in [-0.39, 0.29) is 11.9 Å². The smallest absolute Gasteiger partial charge is 0.254 e. The SMILES string of the molecule is C[C@H](NC(=O)c1cnn(C)c1)c1ccc(C2CN(c3ccc(OCC4CC4)cc3)C2)cc1. The summed E-state index contributed by atoms with van der Waals surface area (Å²) in [5.74, 6) is 2.18. The Labute approximate surface area is 189 Å². The Morgan fingerprint density at radius 2 is 1.84 bits per heavy atom. The van der Waals surface area contributed by atoms with Gasteiger partial charge in [-0.05, 0) is 61.1 Å². The molecule has 0 unspecified atom stereocenters. The van der Waals surface area contributed by atoms with Gasteiger partial charge in [0.1, 0.15) is 5.75 Å². The number of nitrogens with zero attached hydrogens (tertiary/aromatic N) is 3. The monoisotopic (exact) mass is 430 g/mol. The first-order chi connectivity index (χ1) is 15.5. The van der Waals surface area contributed by atoms with Crippen LogP contribution in [-0.2, 0) is 7.05 Å². The van der Waals surface area contributed by atoms with Crippen molar-refractivity contribution in [2.24, 2.45) is 13.0 Å². The summed E-state index contributed by atoms with van der Waals surface area (Å²) >= 11 is 0. The number of ether oxygens (including phenoxy) is 1. The number of hydrogen-bond acceptors (Lipinski definition) is 4. The Morgan fingerprint density at radius 3 is 2.47 bits per heavy atom. The van der Waals surface area contributed by atoms with Gasteiger partial charge in [0.15, 0.2) is 0 Å².